The zero-order valence-corrected chi connectivity index (χ0v) is 12.9. The Morgan fingerprint density at radius 2 is 1.94 bits per heavy atom. The molecule has 1 unspecified atom stereocenters. The Hall–Kier alpha value is -0.480. The first-order valence-electron chi connectivity index (χ1n) is 5.48. The van der Waals surface area contributed by atoms with Crippen molar-refractivity contribution in [1.29, 1.82) is 0 Å². The van der Waals surface area contributed by atoms with Crippen molar-refractivity contribution in [3.05, 3.63) is 57.5 Å². The summed E-state index contributed by atoms with van der Waals surface area (Å²) in [4.78, 5) is 2.11. The van der Waals surface area contributed by atoms with Gasteiger partial charge < -0.3 is 5.11 Å². The highest BCUT2D eigenvalue weighted by Crippen LogP contribution is 2.35. The Balaban J connectivity index is 2.26. The lowest BCUT2D eigenvalue weighted by molar-refractivity contribution is 0.198. The van der Waals surface area contributed by atoms with E-state index in [9.17, 15) is 5.11 Å². The van der Waals surface area contributed by atoms with Crippen LogP contribution in [0.1, 0.15) is 18.6 Å². The van der Waals surface area contributed by atoms with Crippen LogP contribution in [0, 0.1) is 0 Å². The second kappa shape index (κ2) is 6.11. The van der Waals surface area contributed by atoms with Crippen LogP contribution in [0.25, 0.3) is 0 Å². The summed E-state index contributed by atoms with van der Waals surface area (Å²) in [7, 11) is 0. The van der Waals surface area contributed by atoms with Crippen molar-refractivity contribution in [2.75, 3.05) is 0 Å². The largest absolute Gasteiger partial charge is 0.389 e. The molecular formula is C14H12BrClOS. The summed E-state index contributed by atoms with van der Waals surface area (Å²) >= 11 is 11.2. The van der Waals surface area contributed by atoms with Crippen LogP contribution in [0.2, 0.25) is 5.02 Å². The van der Waals surface area contributed by atoms with Crippen LogP contribution in [0.4, 0.5) is 0 Å². The predicted octanol–water partition coefficient (Wildman–Crippen LogP) is 5.31. The number of aliphatic hydroxyl groups excluding tert-OH is 1. The van der Waals surface area contributed by atoms with Crippen LogP contribution in [0.15, 0.2) is 56.7 Å². The summed E-state index contributed by atoms with van der Waals surface area (Å²) in [5.74, 6) is 0. The van der Waals surface area contributed by atoms with E-state index < -0.39 is 6.10 Å². The highest BCUT2D eigenvalue weighted by atomic mass is 79.9. The lowest BCUT2D eigenvalue weighted by Crippen LogP contribution is -1.92. The fourth-order valence-corrected chi connectivity index (χ4v) is 3.56. The SMILES string of the molecule is CC(O)c1ccc(Sc2ccccc2Cl)cc1Br. The first-order valence-corrected chi connectivity index (χ1v) is 7.46. The van der Waals surface area contributed by atoms with E-state index in [4.69, 9.17) is 11.6 Å². The molecule has 0 saturated carbocycles. The van der Waals surface area contributed by atoms with E-state index in [2.05, 4.69) is 15.9 Å². The van der Waals surface area contributed by atoms with Crippen LogP contribution in [-0.4, -0.2) is 5.11 Å². The first-order chi connectivity index (χ1) is 8.58. The molecule has 1 nitrogen and oxygen atoms in total. The second-order valence-electron chi connectivity index (χ2n) is 3.89. The number of rotatable bonds is 3. The van der Waals surface area contributed by atoms with Crippen LogP contribution < -0.4 is 0 Å². The standard InChI is InChI=1S/C14H12BrClOS/c1-9(17)11-7-6-10(8-12(11)15)18-14-5-3-2-4-13(14)16/h2-9,17H,1H3. The Morgan fingerprint density at radius 1 is 1.22 bits per heavy atom. The molecule has 1 N–H and O–H groups in total. The molecular weight excluding hydrogens is 332 g/mol. The summed E-state index contributed by atoms with van der Waals surface area (Å²) in [6.07, 6.45) is -0.473. The average Bonchev–Trinajstić information content (AvgIpc) is 2.32. The Labute approximate surface area is 124 Å². The summed E-state index contributed by atoms with van der Waals surface area (Å²) in [5, 5.41) is 10.3. The predicted molar refractivity (Wildman–Crippen MR) is 80.4 cm³/mol. The van der Waals surface area contributed by atoms with E-state index >= 15 is 0 Å². The third kappa shape index (κ3) is 3.29. The van der Waals surface area contributed by atoms with Gasteiger partial charge in [-0.05, 0) is 36.8 Å². The van der Waals surface area contributed by atoms with Gasteiger partial charge in [0.2, 0.25) is 0 Å². The minimum Gasteiger partial charge on any atom is -0.389 e. The van der Waals surface area contributed by atoms with Crippen molar-refractivity contribution in [3.63, 3.8) is 0 Å². The number of aliphatic hydroxyl groups is 1. The molecule has 0 heterocycles. The minimum absolute atomic E-state index is 0.473. The molecule has 18 heavy (non-hydrogen) atoms. The smallest absolute Gasteiger partial charge is 0.0772 e. The summed E-state index contributed by atoms with van der Waals surface area (Å²) in [5.41, 5.74) is 0.888. The molecule has 4 heteroatoms. The van der Waals surface area contributed by atoms with Crippen molar-refractivity contribution in [2.24, 2.45) is 0 Å². The molecule has 94 valence electrons. The maximum Gasteiger partial charge on any atom is 0.0772 e. The molecule has 2 rings (SSSR count). The molecule has 0 spiro atoms. The number of halogens is 2. The van der Waals surface area contributed by atoms with Gasteiger partial charge in [-0.25, -0.2) is 0 Å². The molecule has 2 aromatic carbocycles. The third-order valence-electron chi connectivity index (χ3n) is 2.49. The fourth-order valence-electron chi connectivity index (χ4n) is 1.56. The van der Waals surface area contributed by atoms with Gasteiger partial charge in [0, 0.05) is 14.3 Å². The lowest BCUT2D eigenvalue weighted by Gasteiger charge is -2.10. The van der Waals surface area contributed by atoms with Gasteiger partial charge in [0.15, 0.2) is 0 Å². The molecule has 0 aliphatic carbocycles. The fraction of sp³-hybridized carbons (Fsp3) is 0.143. The minimum atomic E-state index is -0.473. The lowest BCUT2D eigenvalue weighted by atomic mass is 10.1. The monoisotopic (exact) mass is 342 g/mol. The first kappa shape index (κ1) is 13.9. The molecule has 0 bridgehead atoms. The van der Waals surface area contributed by atoms with Crippen molar-refractivity contribution >= 4 is 39.3 Å². The number of benzene rings is 2. The molecule has 1 atom stereocenters. The quantitative estimate of drug-likeness (QED) is 0.815. The summed E-state index contributed by atoms with van der Waals surface area (Å²) in [6, 6.07) is 13.7. The topological polar surface area (TPSA) is 20.2 Å². The Kier molecular flexibility index (Phi) is 4.73. The van der Waals surface area contributed by atoms with Gasteiger partial charge in [-0.3, -0.25) is 0 Å². The zero-order chi connectivity index (χ0) is 13.1. The maximum atomic E-state index is 9.57. The normalized spacial score (nSPS) is 12.4. The van der Waals surface area contributed by atoms with E-state index in [0.29, 0.717) is 0 Å². The highest BCUT2D eigenvalue weighted by Gasteiger charge is 2.08. The molecule has 0 radical (unpaired) electrons. The van der Waals surface area contributed by atoms with Crippen LogP contribution in [0.5, 0.6) is 0 Å². The molecule has 0 aromatic heterocycles. The maximum absolute atomic E-state index is 9.57. The van der Waals surface area contributed by atoms with Crippen molar-refractivity contribution in [1.82, 2.24) is 0 Å². The average molecular weight is 344 g/mol. The van der Waals surface area contributed by atoms with Crippen LogP contribution in [0.3, 0.4) is 0 Å². The third-order valence-corrected chi connectivity index (χ3v) is 4.68. The van der Waals surface area contributed by atoms with E-state index in [-0.39, 0.29) is 0 Å². The molecule has 0 aliphatic heterocycles. The van der Waals surface area contributed by atoms with E-state index in [1.807, 2.05) is 42.5 Å². The Bertz CT molecular complexity index is 557. The second-order valence-corrected chi connectivity index (χ2v) is 6.27. The van der Waals surface area contributed by atoms with Crippen LogP contribution in [-0.2, 0) is 0 Å². The molecule has 0 aliphatic rings. The van der Waals surface area contributed by atoms with Crippen molar-refractivity contribution < 1.29 is 5.11 Å². The van der Waals surface area contributed by atoms with Crippen LogP contribution >= 0.6 is 39.3 Å². The number of hydrogen-bond donors (Lipinski definition) is 1. The van der Waals surface area contributed by atoms with Gasteiger partial charge in [-0.15, -0.1) is 0 Å². The molecule has 2 aromatic rings. The van der Waals surface area contributed by atoms with Crippen molar-refractivity contribution in [3.8, 4) is 0 Å². The van der Waals surface area contributed by atoms with Gasteiger partial charge in [-0.2, -0.15) is 0 Å². The zero-order valence-electron chi connectivity index (χ0n) is 9.73. The van der Waals surface area contributed by atoms with Gasteiger partial charge in [0.25, 0.3) is 0 Å². The molecule has 0 saturated heterocycles. The summed E-state index contributed by atoms with van der Waals surface area (Å²) < 4.78 is 0.912. The van der Waals surface area contributed by atoms with Gasteiger partial charge in [0.1, 0.15) is 0 Å². The van der Waals surface area contributed by atoms with Gasteiger partial charge >= 0.3 is 0 Å². The van der Waals surface area contributed by atoms with Gasteiger partial charge in [-0.1, -0.05) is 57.5 Å². The molecule has 0 amide bonds. The molecule has 0 fully saturated rings. The van der Waals surface area contributed by atoms with E-state index in [0.717, 1.165) is 24.8 Å². The summed E-state index contributed by atoms with van der Waals surface area (Å²) in [6.45, 7) is 1.75. The highest BCUT2D eigenvalue weighted by molar-refractivity contribution is 9.10. The van der Waals surface area contributed by atoms with Gasteiger partial charge in [0.05, 0.1) is 11.1 Å². The van der Waals surface area contributed by atoms with Crippen molar-refractivity contribution in [2.45, 2.75) is 22.8 Å². The Morgan fingerprint density at radius 3 is 2.56 bits per heavy atom. The van der Waals surface area contributed by atoms with E-state index in [1.165, 1.54) is 0 Å². The number of hydrogen-bond acceptors (Lipinski definition) is 2. The van der Waals surface area contributed by atoms with E-state index in [1.54, 1.807) is 18.7 Å².